The van der Waals surface area contributed by atoms with Crippen molar-refractivity contribution in [2.75, 3.05) is 13.7 Å². The maximum absolute atomic E-state index is 11.2. The van der Waals surface area contributed by atoms with E-state index < -0.39 is 0 Å². The van der Waals surface area contributed by atoms with E-state index in [1.807, 2.05) is 6.92 Å². The molecule has 0 aliphatic rings. The summed E-state index contributed by atoms with van der Waals surface area (Å²) in [5.41, 5.74) is 7.57. The fourth-order valence-corrected chi connectivity index (χ4v) is 1.25. The molecule has 4 nitrogen and oxygen atoms in total. The molecule has 14 heavy (non-hydrogen) atoms. The van der Waals surface area contributed by atoms with Gasteiger partial charge in [-0.3, -0.25) is 4.98 Å². The van der Waals surface area contributed by atoms with Gasteiger partial charge < -0.3 is 10.5 Å². The maximum atomic E-state index is 11.2. The quantitative estimate of drug-likeness (QED) is 0.718. The van der Waals surface area contributed by atoms with Crippen molar-refractivity contribution >= 4 is 5.97 Å². The summed E-state index contributed by atoms with van der Waals surface area (Å²) < 4.78 is 4.63. The van der Waals surface area contributed by atoms with Crippen LogP contribution in [0.1, 0.15) is 21.7 Å². The molecule has 0 amide bonds. The summed E-state index contributed by atoms with van der Waals surface area (Å²) in [5, 5.41) is 0. The molecule has 0 saturated carbocycles. The van der Waals surface area contributed by atoms with E-state index in [9.17, 15) is 4.79 Å². The Bertz CT molecular complexity index is 337. The molecule has 4 heteroatoms. The Morgan fingerprint density at radius 1 is 1.57 bits per heavy atom. The first-order chi connectivity index (χ1) is 6.67. The lowest BCUT2D eigenvalue weighted by atomic mass is 10.1. The fourth-order valence-electron chi connectivity index (χ4n) is 1.25. The number of nitrogens with zero attached hydrogens (tertiary/aromatic N) is 1. The molecule has 1 rings (SSSR count). The number of carbonyl (C=O) groups is 1. The SMILES string of the molecule is COC(=O)c1cc(C)nc(CCN)c1. The van der Waals surface area contributed by atoms with Crippen LogP contribution in [0.15, 0.2) is 12.1 Å². The number of nitrogens with two attached hydrogens (primary N) is 1. The van der Waals surface area contributed by atoms with Crippen LogP contribution in [0.3, 0.4) is 0 Å². The molecule has 0 aromatic carbocycles. The minimum absolute atomic E-state index is 0.339. The van der Waals surface area contributed by atoms with Crippen LogP contribution >= 0.6 is 0 Å². The monoisotopic (exact) mass is 194 g/mol. The van der Waals surface area contributed by atoms with Gasteiger partial charge in [0.15, 0.2) is 0 Å². The molecule has 0 bridgehead atoms. The van der Waals surface area contributed by atoms with Gasteiger partial charge in [0, 0.05) is 17.8 Å². The van der Waals surface area contributed by atoms with Gasteiger partial charge in [-0.2, -0.15) is 0 Å². The minimum Gasteiger partial charge on any atom is -0.465 e. The lowest BCUT2D eigenvalue weighted by Crippen LogP contribution is -2.08. The molecule has 1 heterocycles. The van der Waals surface area contributed by atoms with Crippen molar-refractivity contribution in [3.63, 3.8) is 0 Å². The van der Waals surface area contributed by atoms with Gasteiger partial charge in [-0.1, -0.05) is 0 Å². The van der Waals surface area contributed by atoms with Crippen molar-refractivity contribution < 1.29 is 9.53 Å². The molecule has 0 aliphatic heterocycles. The number of rotatable bonds is 3. The molecule has 0 saturated heterocycles. The molecule has 0 fully saturated rings. The lowest BCUT2D eigenvalue weighted by molar-refractivity contribution is 0.0600. The van der Waals surface area contributed by atoms with Crippen molar-refractivity contribution in [1.29, 1.82) is 0 Å². The Balaban J connectivity index is 3.00. The van der Waals surface area contributed by atoms with Gasteiger partial charge in [-0.15, -0.1) is 0 Å². The van der Waals surface area contributed by atoms with Crippen LogP contribution in [-0.4, -0.2) is 24.6 Å². The lowest BCUT2D eigenvalue weighted by Gasteiger charge is -2.04. The molecule has 0 atom stereocenters. The van der Waals surface area contributed by atoms with Gasteiger partial charge >= 0.3 is 5.97 Å². The predicted molar refractivity (Wildman–Crippen MR) is 53.1 cm³/mol. The van der Waals surface area contributed by atoms with Crippen LogP contribution in [0.25, 0.3) is 0 Å². The zero-order valence-corrected chi connectivity index (χ0v) is 8.41. The second kappa shape index (κ2) is 4.72. The van der Waals surface area contributed by atoms with Crippen LogP contribution in [-0.2, 0) is 11.2 Å². The van der Waals surface area contributed by atoms with E-state index in [1.165, 1.54) is 7.11 Å². The summed E-state index contributed by atoms with van der Waals surface area (Å²) in [6.45, 7) is 2.36. The molecule has 0 radical (unpaired) electrons. The van der Waals surface area contributed by atoms with Crippen LogP contribution in [0, 0.1) is 6.92 Å². The van der Waals surface area contributed by atoms with Gasteiger partial charge in [0.25, 0.3) is 0 Å². The number of aryl methyl sites for hydroxylation is 1. The molecule has 1 aromatic heterocycles. The smallest absolute Gasteiger partial charge is 0.337 e. The first-order valence-corrected chi connectivity index (χ1v) is 4.43. The third-order valence-electron chi connectivity index (χ3n) is 1.83. The van der Waals surface area contributed by atoms with Crippen LogP contribution < -0.4 is 5.73 Å². The Morgan fingerprint density at radius 2 is 2.29 bits per heavy atom. The summed E-state index contributed by atoms with van der Waals surface area (Å²) in [5.74, 6) is -0.339. The molecular formula is C10H14N2O2. The molecule has 0 spiro atoms. The summed E-state index contributed by atoms with van der Waals surface area (Å²) in [4.78, 5) is 15.5. The zero-order valence-electron chi connectivity index (χ0n) is 8.41. The Kier molecular flexibility index (Phi) is 3.59. The van der Waals surface area contributed by atoms with Gasteiger partial charge in [0.05, 0.1) is 12.7 Å². The minimum atomic E-state index is -0.339. The largest absolute Gasteiger partial charge is 0.465 e. The third kappa shape index (κ3) is 2.53. The van der Waals surface area contributed by atoms with Crippen molar-refractivity contribution in [2.45, 2.75) is 13.3 Å². The maximum Gasteiger partial charge on any atom is 0.337 e. The number of hydrogen-bond donors (Lipinski definition) is 1. The highest BCUT2D eigenvalue weighted by Gasteiger charge is 2.07. The summed E-state index contributed by atoms with van der Waals surface area (Å²) in [6.07, 6.45) is 0.672. The number of methoxy groups -OCH3 is 1. The van der Waals surface area contributed by atoms with Gasteiger partial charge in [-0.05, 0) is 25.6 Å². The van der Waals surface area contributed by atoms with E-state index in [1.54, 1.807) is 12.1 Å². The molecule has 0 unspecified atom stereocenters. The molecule has 0 aliphatic carbocycles. The Hall–Kier alpha value is -1.42. The normalized spacial score (nSPS) is 9.93. The van der Waals surface area contributed by atoms with Crippen LogP contribution in [0.2, 0.25) is 0 Å². The van der Waals surface area contributed by atoms with E-state index in [4.69, 9.17) is 5.73 Å². The van der Waals surface area contributed by atoms with Crippen molar-refractivity contribution in [3.05, 3.63) is 29.1 Å². The highest BCUT2D eigenvalue weighted by Crippen LogP contribution is 2.07. The summed E-state index contributed by atoms with van der Waals surface area (Å²) >= 11 is 0. The topological polar surface area (TPSA) is 65.2 Å². The van der Waals surface area contributed by atoms with E-state index >= 15 is 0 Å². The second-order valence-corrected chi connectivity index (χ2v) is 3.02. The molecule has 76 valence electrons. The number of esters is 1. The van der Waals surface area contributed by atoms with Crippen LogP contribution in [0.5, 0.6) is 0 Å². The van der Waals surface area contributed by atoms with Gasteiger partial charge in [-0.25, -0.2) is 4.79 Å². The Morgan fingerprint density at radius 3 is 2.86 bits per heavy atom. The number of hydrogen-bond acceptors (Lipinski definition) is 4. The van der Waals surface area contributed by atoms with Crippen LogP contribution in [0.4, 0.5) is 0 Å². The molecular weight excluding hydrogens is 180 g/mol. The standard InChI is InChI=1S/C10H14N2O2/c1-7-5-8(10(13)14-2)6-9(12-7)3-4-11/h5-6H,3-4,11H2,1-2H3. The highest BCUT2D eigenvalue weighted by atomic mass is 16.5. The van der Waals surface area contributed by atoms with E-state index in [2.05, 4.69) is 9.72 Å². The predicted octanol–water partition coefficient (Wildman–Crippen LogP) is 0.678. The van der Waals surface area contributed by atoms with E-state index in [0.29, 0.717) is 18.5 Å². The number of ether oxygens (including phenoxy) is 1. The van der Waals surface area contributed by atoms with Crippen molar-refractivity contribution in [1.82, 2.24) is 4.98 Å². The number of carbonyl (C=O) groups excluding carboxylic acids is 1. The molecule has 1 aromatic rings. The van der Waals surface area contributed by atoms with Gasteiger partial charge in [0.1, 0.15) is 0 Å². The Labute approximate surface area is 83.1 Å². The average Bonchev–Trinajstić information content (AvgIpc) is 2.16. The zero-order chi connectivity index (χ0) is 10.6. The van der Waals surface area contributed by atoms with E-state index in [-0.39, 0.29) is 5.97 Å². The first kappa shape index (κ1) is 10.7. The van der Waals surface area contributed by atoms with Crippen molar-refractivity contribution in [3.8, 4) is 0 Å². The highest BCUT2D eigenvalue weighted by molar-refractivity contribution is 5.89. The van der Waals surface area contributed by atoms with E-state index in [0.717, 1.165) is 11.4 Å². The summed E-state index contributed by atoms with van der Waals surface area (Å²) in [7, 11) is 1.36. The number of pyridine rings is 1. The fraction of sp³-hybridized carbons (Fsp3) is 0.400. The first-order valence-electron chi connectivity index (χ1n) is 4.43. The second-order valence-electron chi connectivity index (χ2n) is 3.02. The third-order valence-corrected chi connectivity index (χ3v) is 1.83. The van der Waals surface area contributed by atoms with Gasteiger partial charge in [0.2, 0.25) is 0 Å². The number of aromatic nitrogens is 1. The average molecular weight is 194 g/mol. The summed E-state index contributed by atoms with van der Waals surface area (Å²) in [6, 6.07) is 3.41. The molecule has 2 N–H and O–H groups in total. The van der Waals surface area contributed by atoms with Crippen molar-refractivity contribution in [2.24, 2.45) is 5.73 Å².